The van der Waals surface area contributed by atoms with Gasteiger partial charge in [0, 0.05) is 32.9 Å². The molecule has 0 saturated carbocycles. The Bertz CT molecular complexity index is 514. The predicted molar refractivity (Wildman–Crippen MR) is 106 cm³/mol. The third kappa shape index (κ3) is 9.22. The lowest BCUT2D eigenvalue weighted by Gasteiger charge is -2.13. The van der Waals surface area contributed by atoms with Gasteiger partial charge < -0.3 is 24.8 Å². The van der Waals surface area contributed by atoms with Crippen molar-refractivity contribution in [2.75, 3.05) is 46.6 Å². The Hall–Kier alpha value is -1.13. The van der Waals surface area contributed by atoms with Crippen LogP contribution in [0.1, 0.15) is 12.8 Å². The van der Waals surface area contributed by atoms with Crippen LogP contribution in [0.5, 0.6) is 5.75 Å². The van der Waals surface area contributed by atoms with E-state index < -0.39 is 0 Å². The molecule has 6 nitrogen and oxygen atoms in total. The number of aliphatic imine (C=N–C) groups is 1. The lowest BCUT2D eigenvalue weighted by molar-refractivity contribution is 0.0420. The molecule has 1 unspecified atom stereocenters. The van der Waals surface area contributed by atoms with Gasteiger partial charge in [-0.1, -0.05) is 6.07 Å². The van der Waals surface area contributed by atoms with Crippen molar-refractivity contribution in [3.63, 3.8) is 0 Å². The summed E-state index contributed by atoms with van der Waals surface area (Å²) in [4.78, 5) is 4.14. The largest absolute Gasteiger partial charge is 0.492 e. The van der Waals surface area contributed by atoms with E-state index in [0.29, 0.717) is 38.1 Å². The van der Waals surface area contributed by atoms with E-state index in [0.717, 1.165) is 26.0 Å². The molecule has 0 amide bonds. The number of halogens is 2. The summed E-state index contributed by atoms with van der Waals surface area (Å²) in [6.45, 7) is 4.00. The highest BCUT2D eigenvalue weighted by Gasteiger charge is 2.15. The van der Waals surface area contributed by atoms with E-state index in [-0.39, 0.29) is 35.9 Å². The number of nitrogens with one attached hydrogen (secondary N) is 2. The molecule has 8 heteroatoms. The van der Waals surface area contributed by atoms with Gasteiger partial charge >= 0.3 is 0 Å². The summed E-state index contributed by atoms with van der Waals surface area (Å²) in [5, 5.41) is 6.36. The van der Waals surface area contributed by atoms with Gasteiger partial charge in [-0.05, 0) is 25.0 Å². The minimum atomic E-state index is -0.302. The number of nitrogens with zero attached hydrogens (tertiary/aromatic N) is 1. The molecule has 0 radical (unpaired) electrons. The summed E-state index contributed by atoms with van der Waals surface area (Å²) in [6.07, 6.45) is 2.14. The molecule has 1 aliphatic rings. The zero-order chi connectivity index (χ0) is 17.0. The van der Waals surface area contributed by atoms with Gasteiger partial charge in [0.25, 0.3) is 0 Å². The fourth-order valence-electron chi connectivity index (χ4n) is 2.29. The Morgan fingerprint density at radius 1 is 1.32 bits per heavy atom. The fraction of sp³-hybridized carbons (Fsp3) is 0.588. The highest BCUT2D eigenvalue weighted by molar-refractivity contribution is 14.0. The van der Waals surface area contributed by atoms with Crippen molar-refractivity contribution in [1.29, 1.82) is 0 Å². The van der Waals surface area contributed by atoms with E-state index in [4.69, 9.17) is 14.2 Å². The molecule has 1 heterocycles. The summed E-state index contributed by atoms with van der Waals surface area (Å²) in [6, 6.07) is 6.10. The minimum Gasteiger partial charge on any atom is -0.492 e. The summed E-state index contributed by atoms with van der Waals surface area (Å²) in [5.74, 6) is 0.930. The SMILES string of the molecule is CN=C(NCCCOC1CCOC1)NCCOc1cccc(F)c1.I. The number of ether oxygens (including phenoxy) is 3. The summed E-state index contributed by atoms with van der Waals surface area (Å²) in [7, 11) is 1.72. The number of hydrogen-bond acceptors (Lipinski definition) is 4. The van der Waals surface area contributed by atoms with Crippen LogP contribution in [-0.2, 0) is 9.47 Å². The molecule has 142 valence electrons. The van der Waals surface area contributed by atoms with E-state index in [1.807, 2.05) is 0 Å². The maximum atomic E-state index is 13.0. The number of guanidine groups is 1. The standard InChI is InChI=1S/C17H26FN3O3.HI/c1-19-17(20-7-3-9-23-16-6-10-22-13-16)21-8-11-24-15-5-2-4-14(18)12-15;/h2,4-5,12,16H,3,6-11,13H2,1H3,(H2,19,20,21);1H. The second-order valence-electron chi connectivity index (χ2n) is 5.44. The normalized spacial score (nSPS) is 17.0. The summed E-state index contributed by atoms with van der Waals surface area (Å²) >= 11 is 0. The first-order valence-electron chi connectivity index (χ1n) is 8.30. The Morgan fingerprint density at radius 3 is 2.88 bits per heavy atom. The van der Waals surface area contributed by atoms with E-state index >= 15 is 0 Å². The Morgan fingerprint density at radius 2 is 2.16 bits per heavy atom. The second kappa shape index (κ2) is 13.1. The third-order valence-corrected chi connectivity index (χ3v) is 3.54. The predicted octanol–water partition coefficient (Wildman–Crippen LogP) is 2.18. The molecule has 0 aliphatic carbocycles. The third-order valence-electron chi connectivity index (χ3n) is 3.54. The van der Waals surface area contributed by atoms with Crippen LogP contribution in [0.2, 0.25) is 0 Å². The van der Waals surface area contributed by atoms with Crippen LogP contribution in [0.4, 0.5) is 4.39 Å². The Balaban J connectivity index is 0.00000312. The number of benzene rings is 1. The number of rotatable bonds is 9. The van der Waals surface area contributed by atoms with Crippen molar-refractivity contribution in [2.45, 2.75) is 18.9 Å². The van der Waals surface area contributed by atoms with Crippen molar-refractivity contribution < 1.29 is 18.6 Å². The topological polar surface area (TPSA) is 64.1 Å². The summed E-state index contributed by atoms with van der Waals surface area (Å²) in [5.41, 5.74) is 0. The van der Waals surface area contributed by atoms with Gasteiger partial charge in [-0.2, -0.15) is 0 Å². The maximum absolute atomic E-state index is 13.0. The molecular formula is C17H27FIN3O3. The van der Waals surface area contributed by atoms with Crippen LogP contribution < -0.4 is 15.4 Å². The smallest absolute Gasteiger partial charge is 0.191 e. The van der Waals surface area contributed by atoms with Crippen molar-refractivity contribution in [3.8, 4) is 5.75 Å². The van der Waals surface area contributed by atoms with Crippen molar-refractivity contribution in [2.24, 2.45) is 4.99 Å². The first-order chi connectivity index (χ1) is 11.8. The molecule has 1 aliphatic heterocycles. The van der Waals surface area contributed by atoms with Crippen molar-refractivity contribution >= 4 is 29.9 Å². The van der Waals surface area contributed by atoms with Gasteiger partial charge in [-0.15, -0.1) is 24.0 Å². The van der Waals surface area contributed by atoms with Gasteiger partial charge in [-0.25, -0.2) is 4.39 Å². The van der Waals surface area contributed by atoms with Gasteiger partial charge in [0.05, 0.1) is 19.3 Å². The van der Waals surface area contributed by atoms with Gasteiger partial charge in [0.15, 0.2) is 5.96 Å². The van der Waals surface area contributed by atoms with Gasteiger partial charge in [-0.3, -0.25) is 4.99 Å². The highest BCUT2D eigenvalue weighted by atomic mass is 127. The quantitative estimate of drug-likeness (QED) is 0.252. The van der Waals surface area contributed by atoms with E-state index in [1.54, 1.807) is 19.2 Å². The first kappa shape index (κ1) is 21.9. The molecule has 0 aromatic heterocycles. The molecule has 1 saturated heterocycles. The fourth-order valence-corrected chi connectivity index (χ4v) is 2.29. The molecule has 0 bridgehead atoms. The molecule has 25 heavy (non-hydrogen) atoms. The summed E-state index contributed by atoms with van der Waals surface area (Å²) < 4.78 is 29.4. The molecule has 0 spiro atoms. The lowest BCUT2D eigenvalue weighted by atomic mass is 10.3. The molecule has 1 fully saturated rings. The first-order valence-corrected chi connectivity index (χ1v) is 8.30. The minimum absolute atomic E-state index is 0. The lowest BCUT2D eigenvalue weighted by Crippen LogP contribution is -2.40. The monoisotopic (exact) mass is 467 g/mol. The average molecular weight is 467 g/mol. The van der Waals surface area contributed by atoms with Crippen LogP contribution in [0.25, 0.3) is 0 Å². The molecular weight excluding hydrogens is 440 g/mol. The van der Waals surface area contributed by atoms with E-state index in [9.17, 15) is 4.39 Å². The van der Waals surface area contributed by atoms with Crippen LogP contribution in [0.3, 0.4) is 0 Å². The maximum Gasteiger partial charge on any atom is 0.191 e. The molecule has 1 atom stereocenters. The Labute approximate surface area is 165 Å². The molecule has 1 aromatic carbocycles. The second-order valence-corrected chi connectivity index (χ2v) is 5.44. The Kier molecular flexibility index (Phi) is 11.5. The zero-order valence-electron chi connectivity index (χ0n) is 14.5. The van der Waals surface area contributed by atoms with Crippen LogP contribution >= 0.6 is 24.0 Å². The van der Waals surface area contributed by atoms with Gasteiger partial charge in [0.2, 0.25) is 0 Å². The van der Waals surface area contributed by atoms with Crippen LogP contribution in [0.15, 0.2) is 29.3 Å². The van der Waals surface area contributed by atoms with E-state index in [2.05, 4.69) is 15.6 Å². The zero-order valence-corrected chi connectivity index (χ0v) is 16.8. The molecule has 1 aromatic rings. The van der Waals surface area contributed by atoms with Crippen LogP contribution in [-0.4, -0.2) is 58.6 Å². The van der Waals surface area contributed by atoms with Crippen molar-refractivity contribution in [1.82, 2.24) is 10.6 Å². The van der Waals surface area contributed by atoms with Crippen LogP contribution in [0, 0.1) is 5.82 Å². The van der Waals surface area contributed by atoms with E-state index in [1.165, 1.54) is 12.1 Å². The van der Waals surface area contributed by atoms with Gasteiger partial charge in [0.1, 0.15) is 18.2 Å². The highest BCUT2D eigenvalue weighted by Crippen LogP contribution is 2.11. The van der Waals surface area contributed by atoms with Crippen molar-refractivity contribution in [3.05, 3.63) is 30.1 Å². The number of hydrogen-bond donors (Lipinski definition) is 2. The molecule has 2 rings (SSSR count). The average Bonchev–Trinajstić information content (AvgIpc) is 3.10. The molecule has 2 N–H and O–H groups in total.